The second-order valence-corrected chi connectivity index (χ2v) is 6.67. The van der Waals surface area contributed by atoms with Crippen LogP contribution in [0.15, 0.2) is 42.0 Å². The number of ether oxygens (including phenoxy) is 2. The number of allylic oxidation sites excluding steroid dienone is 3. The number of methoxy groups -OCH3 is 2. The largest absolute Gasteiger partial charge is 0.497 e. The number of esters is 1. The minimum atomic E-state index is -0.230. The van der Waals surface area contributed by atoms with Crippen molar-refractivity contribution in [3.05, 3.63) is 52.6 Å². The molecular formula is C19H21ClO3. The van der Waals surface area contributed by atoms with Crippen LogP contribution < -0.4 is 4.74 Å². The topological polar surface area (TPSA) is 35.5 Å². The molecule has 1 aromatic rings. The first-order valence-corrected chi connectivity index (χ1v) is 8.24. The fourth-order valence-corrected chi connectivity index (χ4v) is 3.94. The summed E-state index contributed by atoms with van der Waals surface area (Å²) in [5.41, 5.74) is 1.93. The van der Waals surface area contributed by atoms with Gasteiger partial charge in [-0.1, -0.05) is 42.8 Å². The molecule has 1 saturated carbocycles. The van der Waals surface area contributed by atoms with Crippen molar-refractivity contribution in [3.8, 4) is 5.75 Å². The lowest BCUT2D eigenvalue weighted by Gasteiger charge is -2.25. The van der Waals surface area contributed by atoms with Crippen LogP contribution in [0, 0.1) is 17.8 Å². The molecule has 122 valence electrons. The summed E-state index contributed by atoms with van der Waals surface area (Å²) in [4.78, 5) is 11.9. The quantitative estimate of drug-likeness (QED) is 0.768. The summed E-state index contributed by atoms with van der Waals surface area (Å²) >= 11 is 6.40. The molecule has 0 aromatic heterocycles. The zero-order valence-electron chi connectivity index (χ0n) is 13.6. The fourth-order valence-electron chi connectivity index (χ4n) is 3.63. The van der Waals surface area contributed by atoms with E-state index in [4.69, 9.17) is 21.1 Å². The molecule has 2 aliphatic rings. The Morgan fingerprint density at radius 3 is 2.74 bits per heavy atom. The molecule has 0 heterocycles. The molecule has 0 aliphatic heterocycles. The Hall–Kier alpha value is -1.74. The van der Waals surface area contributed by atoms with E-state index >= 15 is 0 Å². The van der Waals surface area contributed by atoms with Crippen molar-refractivity contribution in [2.75, 3.05) is 14.2 Å². The number of halogens is 1. The predicted octanol–water partition coefficient (Wildman–Crippen LogP) is 4.37. The maximum atomic E-state index is 11.9. The molecule has 0 bridgehead atoms. The Morgan fingerprint density at radius 1 is 1.30 bits per heavy atom. The lowest BCUT2D eigenvalue weighted by molar-refractivity contribution is -0.136. The SMILES string of the molecule is COC(=O)C1=CC=CC(C2CC2c2ccc(OC)cc2Cl)C1C. The van der Waals surface area contributed by atoms with E-state index in [1.807, 2.05) is 24.3 Å². The summed E-state index contributed by atoms with van der Waals surface area (Å²) in [5, 5.41) is 0.757. The van der Waals surface area contributed by atoms with E-state index in [0.717, 1.165) is 22.8 Å². The fraction of sp³-hybridized carbons (Fsp3) is 0.421. The number of benzene rings is 1. The number of hydrogen-bond acceptors (Lipinski definition) is 3. The molecule has 4 atom stereocenters. The van der Waals surface area contributed by atoms with Crippen molar-refractivity contribution in [1.82, 2.24) is 0 Å². The van der Waals surface area contributed by atoms with Gasteiger partial charge < -0.3 is 9.47 Å². The van der Waals surface area contributed by atoms with Gasteiger partial charge in [0.2, 0.25) is 0 Å². The van der Waals surface area contributed by atoms with E-state index in [1.165, 1.54) is 12.7 Å². The molecule has 3 rings (SSSR count). The van der Waals surface area contributed by atoms with Crippen LogP contribution in [0.3, 0.4) is 0 Å². The monoisotopic (exact) mass is 332 g/mol. The van der Waals surface area contributed by atoms with E-state index in [0.29, 0.717) is 17.8 Å². The van der Waals surface area contributed by atoms with Gasteiger partial charge in [0.25, 0.3) is 0 Å². The zero-order chi connectivity index (χ0) is 16.6. The summed E-state index contributed by atoms with van der Waals surface area (Å²) in [6, 6.07) is 5.88. The lowest BCUT2D eigenvalue weighted by Crippen LogP contribution is -2.22. The molecule has 4 unspecified atom stereocenters. The van der Waals surface area contributed by atoms with Gasteiger partial charge in [0, 0.05) is 10.6 Å². The normalized spacial score (nSPS) is 29.0. The Kier molecular flexibility index (Phi) is 4.49. The first-order valence-electron chi connectivity index (χ1n) is 7.87. The van der Waals surface area contributed by atoms with Gasteiger partial charge in [0.15, 0.2) is 0 Å². The standard InChI is InChI=1S/C19H21ClO3/c1-11-13(5-4-6-14(11)19(21)23-3)16-10-17(16)15-8-7-12(22-2)9-18(15)20/h4-9,11,13,16-17H,10H2,1-3H3. The highest BCUT2D eigenvalue weighted by molar-refractivity contribution is 6.31. The Morgan fingerprint density at radius 2 is 2.09 bits per heavy atom. The first-order chi connectivity index (χ1) is 11.1. The lowest BCUT2D eigenvalue weighted by atomic mass is 9.79. The molecule has 0 N–H and O–H groups in total. The summed E-state index contributed by atoms with van der Waals surface area (Å²) in [6.07, 6.45) is 7.14. The molecule has 23 heavy (non-hydrogen) atoms. The maximum absolute atomic E-state index is 11.9. The molecular weight excluding hydrogens is 312 g/mol. The second kappa shape index (κ2) is 6.40. The highest BCUT2D eigenvalue weighted by atomic mass is 35.5. The Bertz CT molecular complexity index is 677. The number of hydrogen-bond donors (Lipinski definition) is 0. The van der Waals surface area contributed by atoms with Crippen LogP contribution in [-0.2, 0) is 9.53 Å². The average molecular weight is 333 g/mol. The molecule has 0 amide bonds. The third-order valence-corrected chi connectivity index (χ3v) is 5.37. The number of carbonyl (C=O) groups excluding carboxylic acids is 1. The predicted molar refractivity (Wildman–Crippen MR) is 90.7 cm³/mol. The molecule has 1 aromatic carbocycles. The van der Waals surface area contributed by atoms with Crippen molar-refractivity contribution in [1.29, 1.82) is 0 Å². The van der Waals surface area contributed by atoms with Crippen LogP contribution in [0.1, 0.15) is 24.8 Å². The van der Waals surface area contributed by atoms with Crippen LogP contribution in [0.5, 0.6) is 5.75 Å². The van der Waals surface area contributed by atoms with Gasteiger partial charge in [-0.2, -0.15) is 0 Å². The van der Waals surface area contributed by atoms with Crippen molar-refractivity contribution >= 4 is 17.6 Å². The van der Waals surface area contributed by atoms with E-state index in [-0.39, 0.29) is 11.9 Å². The van der Waals surface area contributed by atoms with Crippen LogP contribution in [-0.4, -0.2) is 20.2 Å². The van der Waals surface area contributed by atoms with Gasteiger partial charge in [0.05, 0.1) is 14.2 Å². The number of rotatable bonds is 4. The van der Waals surface area contributed by atoms with Crippen molar-refractivity contribution in [2.24, 2.45) is 17.8 Å². The van der Waals surface area contributed by atoms with E-state index < -0.39 is 0 Å². The van der Waals surface area contributed by atoms with Crippen LogP contribution >= 0.6 is 11.6 Å². The average Bonchev–Trinajstić information content (AvgIpc) is 3.34. The molecule has 0 saturated heterocycles. The first kappa shape index (κ1) is 16.1. The van der Waals surface area contributed by atoms with E-state index in [9.17, 15) is 4.79 Å². The molecule has 0 spiro atoms. The molecule has 0 radical (unpaired) electrons. The van der Waals surface area contributed by atoms with Gasteiger partial charge in [-0.05, 0) is 47.8 Å². The molecule has 3 nitrogen and oxygen atoms in total. The van der Waals surface area contributed by atoms with Gasteiger partial charge in [0.1, 0.15) is 5.75 Å². The summed E-state index contributed by atoms with van der Waals surface area (Å²) in [6.45, 7) is 2.10. The molecule has 4 heteroatoms. The van der Waals surface area contributed by atoms with Gasteiger partial charge >= 0.3 is 5.97 Å². The van der Waals surface area contributed by atoms with Gasteiger partial charge in [-0.25, -0.2) is 4.79 Å². The highest BCUT2D eigenvalue weighted by Gasteiger charge is 2.47. The molecule has 2 aliphatic carbocycles. The third-order valence-electron chi connectivity index (χ3n) is 5.04. The summed E-state index contributed by atoms with van der Waals surface area (Å²) < 4.78 is 10.1. The number of carbonyl (C=O) groups is 1. The second-order valence-electron chi connectivity index (χ2n) is 6.26. The highest BCUT2D eigenvalue weighted by Crippen LogP contribution is 2.57. The maximum Gasteiger partial charge on any atom is 0.334 e. The van der Waals surface area contributed by atoms with Crippen molar-refractivity contribution in [2.45, 2.75) is 19.3 Å². The van der Waals surface area contributed by atoms with E-state index in [2.05, 4.69) is 19.1 Å². The van der Waals surface area contributed by atoms with Gasteiger partial charge in [-0.3, -0.25) is 0 Å². The smallest absolute Gasteiger partial charge is 0.334 e. The van der Waals surface area contributed by atoms with Crippen molar-refractivity contribution < 1.29 is 14.3 Å². The minimum Gasteiger partial charge on any atom is -0.497 e. The van der Waals surface area contributed by atoms with E-state index in [1.54, 1.807) is 7.11 Å². The summed E-state index contributed by atoms with van der Waals surface area (Å²) in [5.74, 6) is 2.02. The Balaban J connectivity index is 1.75. The van der Waals surface area contributed by atoms with Crippen LogP contribution in [0.2, 0.25) is 5.02 Å². The van der Waals surface area contributed by atoms with Crippen molar-refractivity contribution in [3.63, 3.8) is 0 Å². The van der Waals surface area contributed by atoms with Crippen LogP contribution in [0.25, 0.3) is 0 Å². The Labute approximate surface area is 141 Å². The zero-order valence-corrected chi connectivity index (χ0v) is 14.3. The minimum absolute atomic E-state index is 0.166. The van der Waals surface area contributed by atoms with Gasteiger partial charge in [-0.15, -0.1) is 0 Å². The third kappa shape index (κ3) is 3.02. The van der Waals surface area contributed by atoms with Crippen LogP contribution in [0.4, 0.5) is 0 Å². The molecule has 1 fully saturated rings. The summed E-state index contributed by atoms with van der Waals surface area (Å²) in [7, 11) is 3.07.